The summed E-state index contributed by atoms with van der Waals surface area (Å²) < 4.78 is 31.2. The van der Waals surface area contributed by atoms with Gasteiger partial charge in [0.15, 0.2) is 18.2 Å². The molecule has 0 aromatic heterocycles. The van der Waals surface area contributed by atoms with Crippen LogP contribution in [0.15, 0.2) is 42.5 Å². The number of ether oxygens (including phenoxy) is 1. The molecule has 0 radical (unpaired) electrons. The number of benzene rings is 2. The van der Waals surface area contributed by atoms with Crippen molar-refractivity contribution in [3.8, 4) is 5.75 Å². The van der Waals surface area contributed by atoms with Crippen LogP contribution in [0, 0.1) is 11.6 Å². The lowest BCUT2D eigenvalue weighted by atomic mass is 10.2. The number of carbonyl (C=O) groups excluding carboxylic acids is 1. The summed E-state index contributed by atoms with van der Waals surface area (Å²) >= 11 is 0. The molecule has 0 aliphatic rings. The summed E-state index contributed by atoms with van der Waals surface area (Å²) in [6.45, 7) is -0.358. The fraction of sp³-hybridized carbons (Fsp3) is 0.133. The molecule has 0 spiro atoms. The second-order valence-electron chi connectivity index (χ2n) is 4.41. The number of hydrogen-bond donors (Lipinski definition) is 1. The molecule has 21 heavy (non-hydrogen) atoms. The minimum atomic E-state index is -0.849. The lowest BCUT2D eigenvalue weighted by molar-refractivity contribution is -0.120. The second kappa shape index (κ2) is 6.21. The first-order valence-corrected chi connectivity index (χ1v) is 6.17. The summed E-state index contributed by atoms with van der Waals surface area (Å²) in [4.78, 5) is 13.3. The fourth-order valence-corrected chi connectivity index (χ4v) is 1.67. The molecule has 0 aliphatic carbocycles. The molecule has 6 heteroatoms. The van der Waals surface area contributed by atoms with Crippen LogP contribution in [0.3, 0.4) is 0 Å². The van der Waals surface area contributed by atoms with Crippen molar-refractivity contribution in [3.63, 3.8) is 0 Å². The third-order valence-electron chi connectivity index (χ3n) is 2.90. The molecular formula is C15H14F2N2O2. The van der Waals surface area contributed by atoms with Crippen LogP contribution in [-0.4, -0.2) is 19.6 Å². The number of nitrogens with zero attached hydrogens (tertiary/aromatic N) is 1. The van der Waals surface area contributed by atoms with Crippen molar-refractivity contribution in [1.82, 2.24) is 0 Å². The van der Waals surface area contributed by atoms with Crippen molar-refractivity contribution in [2.75, 3.05) is 24.3 Å². The number of hydrogen-bond acceptors (Lipinski definition) is 3. The Morgan fingerprint density at radius 1 is 1.19 bits per heavy atom. The number of nitrogen functional groups attached to an aromatic ring is 1. The maximum atomic E-state index is 13.4. The van der Waals surface area contributed by atoms with Gasteiger partial charge >= 0.3 is 0 Å². The molecule has 0 bridgehead atoms. The van der Waals surface area contributed by atoms with Crippen LogP contribution in [0.2, 0.25) is 0 Å². The summed E-state index contributed by atoms with van der Waals surface area (Å²) in [5, 5.41) is 0. The van der Waals surface area contributed by atoms with Crippen LogP contribution >= 0.6 is 0 Å². The molecule has 0 heterocycles. The van der Waals surface area contributed by atoms with Crippen LogP contribution in [0.5, 0.6) is 5.75 Å². The summed E-state index contributed by atoms with van der Waals surface area (Å²) in [5.41, 5.74) is 6.79. The number of rotatable bonds is 4. The van der Waals surface area contributed by atoms with E-state index < -0.39 is 11.6 Å². The van der Waals surface area contributed by atoms with Crippen molar-refractivity contribution in [3.05, 3.63) is 54.1 Å². The first-order chi connectivity index (χ1) is 9.97. The van der Waals surface area contributed by atoms with E-state index in [2.05, 4.69) is 0 Å². The van der Waals surface area contributed by atoms with E-state index in [1.54, 1.807) is 31.3 Å². The summed E-state index contributed by atoms with van der Waals surface area (Å²) in [6.07, 6.45) is 0. The SMILES string of the molecule is CN(C(=O)COc1ccc(F)cc1F)c1ccc(N)cc1. The van der Waals surface area contributed by atoms with Gasteiger partial charge in [0, 0.05) is 24.5 Å². The number of amides is 1. The Labute approximate surface area is 120 Å². The summed E-state index contributed by atoms with van der Waals surface area (Å²) in [5.74, 6) is -2.10. The highest BCUT2D eigenvalue weighted by Gasteiger charge is 2.13. The van der Waals surface area contributed by atoms with Crippen LogP contribution in [0.4, 0.5) is 20.2 Å². The van der Waals surface area contributed by atoms with Gasteiger partial charge in [-0.25, -0.2) is 8.78 Å². The summed E-state index contributed by atoms with van der Waals surface area (Å²) in [7, 11) is 1.57. The van der Waals surface area contributed by atoms with Crippen molar-refractivity contribution in [2.24, 2.45) is 0 Å². The average molecular weight is 292 g/mol. The van der Waals surface area contributed by atoms with Crippen molar-refractivity contribution in [1.29, 1.82) is 0 Å². The predicted molar refractivity (Wildman–Crippen MR) is 76.1 cm³/mol. The smallest absolute Gasteiger partial charge is 0.264 e. The highest BCUT2D eigenvalue weighted by molar-refractivity contribution is 5.94. The topological polar surface area (TPSA) is 55.6 Å². The molecule has 110 valence electrons. The van der Waals surface area contributed by atoms with Crippen LogP contribution in [-0.2, 0) is 4.79 Å². The zero-order valence-electron chi connectivity index (χ0n) is 11.3. The number of likely N-dealkylation sites (N-methyl/N-ethyl adjacent to an activating group) is 1. The summed E-state index contributed by atoms with van der Waals surface area (Å²) in [6, 6.07) is 9.61. The Morgan fingerprint density at radius 2 is 1.86 bits per heavy atom. The molecule has 0 saturated carbocycles. The number of nitrogens with two attached hydrogens (primary N) is 1. The first-order valence-electron chi connectivity index (χ1n) is 6.17. The lowest BCUT2D eigenvalue weighted by Gasteiger charge is -2.17. The number of carbonyl (C=O) groups is 1. The van der Waals surface area contributed by atoms with Crippen molar-refractivity contribution < 1.29 is 18.3 Å². The van der Waals surface area contributed by atoms with E-state index in [0.717, 1.165) is 12.1 Å². The van der Waals surface area contributed by atoms with Crippen LogP contribution < -0.4 is 15.4 Å². The van der Waals surface area contributed by atoms with Gasteiger partial charge in [-0.2, -0.15) is 0 Å². The average Bonchev–Trinajstić information content (AvgIpc) is 2.46. The van der Waals surface area contributed by atoms with E-state index in [9.17, 15) is 13.6 Å². The minimum absolute atomic E-state index is 0.171. The Balaban J connectivity index is 1.99. The standard InChI is InChI=1S/C15H14F2N2O2/c1-19(12-5-3-11(18)4-6-12)15(20)9-21-14-7-2-10(16)8-13(14)17/h2-8H,9,18H2,1H3. The molecule has 0 saturated heterocycles. The van der Waals surface area contributed by atoms with E-state index in [0.29, 0.717) is 17.4 Å². The Hall–Kier alpha value is -2.63. The zero-order valence-corrected chi connectivity index (χ0v) is 11.3. The van der Waals surface area contributed by atoms with Gasteiger partial charge in [0.1, 0.15) is 5.82 Å². The number of anilines is 2. The maximum Gasteiger partial charge on any atom is 0.264 e. The van der Waals surface area contributed by atoms with Gasteiger partial charge in [0.05, 0.1) is 0 Å². The molecule has 1 amide bonds. The second-order valence-corrected chi connectivity index (χ2v) is 4.41. The van der Waals surface area contributed by atoms with Gasteiger partial charge in [-0.05, 0) is 36.4 Å². The van der Waals surface area contributed by atoms with E-state index in [-0.39, 0.29) is 18.3 Å². The van der Waals surface area contributed by atoms with Crippen LogP contribution in [0.25, 0.3) is 0 Å². The molecule has 2 aromatic carbocycles. The normalized spacial score (nSPS) is 10.2. The molecule has 0 unspecified atom stereocenters. The molecule has 0 aliphatic heterocycles. The van der Waals surface area contributed by atoms with Gasteiger partial charge in [0.25, 0.3) is 5.91 Å². The minimum Gasteiger partial charge on any atom is -0.481 e. The molecular weight excluding hydrogens is 278 g/mol. The molecule has 0 atom stereocenters. The van der Waals surface area contributed by atoms with Gasteiger partial charge in [0.2, 0.25) is 0 Å². The molecule has 0 fully saturated rings. The Bertz CT molecular complexity index is 645. The Morgan fingerprint density at radius 3 is 2.48 bits per heavy atom. The van der Waals surface area contributed by atoms with Gasteiger partial charge in [-0.1, -0.05) is 0 Å². The maximum absolute atomic E-state index is 13.4. The van der Waals surface area contributed by atoms with Gasteiger partial charge in [-0.15, -0.1) is 0 Å². The largest absolute Gasteiger partial charge is 0.481 e. The monoisotopic (exact) mass is 292 g/mol. The Kier molecular flexibility index (Phi) is 4.37. The van der Waals surface area contributed by atoms with E-state index >= 15 is 0 Å². The van der Waals surface area contributed by atoms with E-state index in [1.807, 2.05) is 0 Å². The fourth-order valence-electron chi connectivity index (χ4n) is 1.67. The molecule has 2 rings (SSSR count). The molecule has 2 aromatic rings. The third kappa shape index (κ3) is 3.68. The lowest BCUT2D eigenvalue weighted by Crippen LogP contribution is -2.31. The van der Waals surface area contributed by atoms with Gasteiger partial charge in [-0.3, -0.25) is 4.79 Å². The van der Waals surface area contributed by atoms with E-state index in [1.165, 1.54) is 4.90 Å². The highest BCUT2D eigenvalue weighted by atomic mass is 19.1. The quantitative estimate of drug-likeness (QED) is 0.881. The zero-order chi connectivity index (χ0) is 15.4. The molecule has 4 nitrogen and oxygen atoms in total. The number of halogens is 2. The molecule has 2 N–H and O–H groups in total. The third-order valence-corrected chi connectivity index (χ3v) is 2.90. The predicted octanol–water partition coefficient (Wildman–Crippen LogP) is 2.59. The van der Waals surface area contributed by atoms with Crippen LogP contribution in [0.1, 0.15) is 0 Å². The van der Waals surface area contributed by atoms with Crippen molar-refractivity contribution >= 4 is 17.3 Å². The highest BCUT2D eigenvalue weighted by Crippen LogP contribution is 2.18. The first kappa shape index (κ1) is 14.8. The van der Waals surface area contributed by atoms with Gasteiger partial charge < -0.3 is 15.4 Å². The van der Waals surface area contributed by atoms with Crippen molar-refractivity contribution in [2.45, 2.75) is 0 Å². The van der Waals surface area contributed by atoms with E-state index in [4.69, 9.17) is 10.5 Å².